The molecule has 142 valence electrons. The van der Waals surface area contributed by atoms with Crippen LogP contribution in [0, 0.1) is 17.8 Å². The minimum atomic E-state index is -0.282. The zero-order chi connectivity index (χ0) is 18.6. The second-order valence-corrected chi connectivity index (χ2v) is 10.4. The van der Waals surface area contributed by atoms with E-state index in [2.05, 4.69) is 10.2 Å². The number of hydrogen-bond donors (Lipinski definition) is 0. The number of Topliss-reactive ketones (excluding diaryl/α,β-unsaturated/α-hetero) is 1. The van der Waals surface area contributed by atoms with E-state index in [1.165, 1.54) is 50.3 Å². The normalized spacial score (nSPS) is 32.6. The van der Waals surface area contributed by atoms with Crippen LogP contribution in [0.2, 0.25) is 5.02 Å². The Morgan fingerprint density at radius 2 is 1.70 bits per heavy atom. The monoisotopic (exact) mass is 402 g/mol. The average Bonchev–Trinajstić information content (AvgIpc) is 3.10. The van der Waals surface area contributed by atoms with E-state index < -0.39 is 0 Å². The molecule has 1 heterocycles. The summed E-state index contributed by atoms with van der Waals surface area (Å²) in [5, 5.41) is 9.57. The summed E-state index contributed by atoms with van der Waals surface area (Å²) in [5.41, 5.74) is 0.754. The number of rotatable bonds is 5. The standard InChI is InChI=1S/C21H23ClN2O2S/c1-12(18(25)16-2-4-17(22)5-3-16)27-20-24-23-19(26-20)21-9-13-6-14(10-21)8-15(7-13)11-21/h2-5,12-15H,6-11H2,1H3/t12-,13?,14?,15?,21?/m0/s1. The van der Waals surface area contributed by atoms with Crippen molar-refractivity contribution in [1.82, 2.24) is 10.2 Å². The molecule has 1 aromatic carbocycles. The van der Waals surface area contributed by atoms with Gasteiger partial charge in [0, 0.05) is 16.0 Å². The summed E-state index contributed by atoms with van der Waals surface area (Å²) < 4.78 is 6.11. The van der Waals surface area contributed by atoms with Crippen LogP contribution >= 0.6 is 23.4 Å². The molecule has 0 radical (unpaired) electrons. The Hall–Kier alpha value is -1.33. The summed E-state index contributed by atoms with van der Waals surface area (Å²) in [5.74, 6) is 3.38. The summed E-state index contributed by atoms with van der Waals surface area (Å²) in [6.45, 7) is 1.89. The fourth-order valence-corrected chi connectivity index (χ4v) is 6.78. The molecule has 4 saturated carbocycles. The van der Waals surface area contributed by atoms with Gasteiger partial charge in [0.1, 0.15) is 0 Å². The van der Waals surface area contributed by atoms with E-state index in [0.29, 0.717) is 15.8 Å². The first-order valence-electron chi connectivity index (χ1n) is 9.81. The highest BCUT2D eigenvalue weighted by molar-refractivity contribution is 8.00. The van der Waals surface area contributed by atoms with E-state index in [1.54, 1.807) is 24.3 Å². The minimum Gasteiger partial charge on any atom is -0.415 e. The van der Waals surface area contributed by atoms with Gasteiger partial charge in [0.2, 0.25) is 5.89 Å². The van der Waals surface area contributed by atoms with Crippen molar-refractivity contribution in [3.63, 3.8) is 0 Å². The largest absolute Gasteiger partial charge is 0.415 e. The van der Waals surface area contributed by atoms with Crippen molar-refractivity contribution in [2.24, 2.45) is 17.8 Å². The molecule has 4 aliphatic rings. The molecule has 4 nitrogen and oxygen atoms in total. The van der Waals surface area contributed by atoms with Crippen molar-refractivity contribution in [3.8, 4) is 0 Å². The summed E-state index contributed by atoms with van der Waals surface area (Å²) in [6, 6.07) is 7.00. The third-order valence-corrected chi connectivity index (χ3v) is 7.86. The van der Waals surface area contributed by atoms with Crippen molar-refractivity contribution < 1.29 is 9.21 Å². The first-order chi connectivity index (χ1) is 13.0. The molecule has 0 unspecified atom stereocenters. The molecule has 4 bridgehead atoms. The van der Waals surface area contributed by atoms with Crippen LogP contribution in [0.5, 0.6) is 0 Å². The summed E-state index contributed by atoms with van der Waals surface area (Å²) >= 11 is 7.26. The first-order valence-corrected chi connectivity index (χ1v) is 11.1. The molecule has 0 N–H and O–H groups in total. The van der Waals surface area contributed by atoms with Gasteiger partial charge in [-0.05, 0) is 87.5 Å². The number of hydrogen-bond acceptors (Lipinski definition) is 5. The van der Waals surface area contributed by atoms with E-state index in [0.717, 1.165) is 23.6 Å². The predicted molar refractivity (Wildman–Crippen MR) is 105 cm³/mol. The van der Waals surface area contributed by atoms with Gasteiger partial charge >= 0.3 is 0 Å². The Morgan fingerprint density at radius 1 is 1.11 bits per heavy atom. The van der Waals surface area contributed by atoms with E-state index in [4.69, 9.17) is 16.0 Å². The fourth-order valence-electron chi connectivity index (χ4n) is 5.90. The molecular weight excluding hydrogens is 380 g/mol. The highest BCUT2D eigenvalue weighted by atomic mass is 35.5. The molecular formula is C21H23ClN2O2S. The summed E-state index contributed by atoms with van der Waals surface area (Å²) in [4.78, 5) is 12.6. The van der Waals surface area contributed by atoms with Gasteiger partial charge in [-0.3, -0.25) is 4.79 Å². The number of benzene rings is 1. The van der Waals surface area contributed by atoms with E-state index in [9.17, 15) is 4.79 Å². The molecule has 4 aliphatic carbocycles. The van der Waals surface area contributed by atoms with Crippen LogP contribution in [-0.2, 0) is 5.41 Å². The van der Waals surface area contributed by atoms with Crippen LogP contribution in [0.15, 0.2) is 33.9 Å². The third kappa shape index (κ3) is 3.23. The number of aromatic nitrogens is 2. The maximum atomic E-state index is 12.6. The smallest absolute Gasteiger partial charge is 0.277 e. The zero-order valence-corrected chi connectivity index (χ0v) is 16.9. The number of nitrogens with zero attached hydrogens (tertiary/aromatic N) is 2. The van der Waals surface area contributed by atoms with Crippen molar-refractivity contribution in [2.75, 3.05) is 0 Å². The molecule has 0 saturated heterocycles. The molecule has 0 amide bonds. The van der Waals surface area contributed by atoms with Gasteiger partial charge in [-0.15, -0.1) is 10.2 Å². The lowest BCUT2D eigenvalue weighted by Gasteiger charge is -2.55. The fraction of sp³-hybridized carbons (Fsp3) is 0.571. The third-order valence-electron chi connectivity index (χ3n) is 6.67. The molecule has 2 aromatic rings. The molecule has 4 fully saturated rings. The second-order valence-electron chi connectivity index (χ2n) is 8.70. The quantitative estimate of drug-likeness (QED) is 0.484. The van der Waals surface area contributed by atoms with Gasteiger partial charge in [0.15, 0.2) is 5.78 Å². The molecule has 0 spiro atoms. The van der Waals surface area contributed by atoms with Crippen LogP contribution < -0.4 is 0 Å². The lowest BCUT2D eigenvalue weighted by molar-refractivity contribution is -0.0191. The topological polar surface area (TPSA) is 56.0 Å². The second kappa shape index (κ2) is 6.63. The van der Waals surface area contributed by atoms with Crippen LogP contribution in [0.1, 0.15) is 61.7 Å². The maximum absolute atomic E-state index is 12.6. The molecule has 6 rings (SSSR count). The molecule has 1 atom stereocenters. The number of carbonyl (C=O) groups is 1. The molecule has 27 heavy (non-hydrogen) atoms. The van der Waals surface area contributed by atoms with Crippen molar-refractivity contribution >= 4 is 29.1 Å². The summed E-state index contributed by atoms with van der Waals surface area (Å²) in [7, 11) is 0. The minimum absolute atomic E-state index is 0.0474. The van der Waals surface area contributed by atoms with Gasteiger partial charge in [0.05, 0.1) is 5.25 Å². The highest BCUT2D eigenvalue weighted by Crippen LogP contribution is 2.60. The van der Waals surface area contributed by atoms with Crippen molar-refractivity contribution in [2.45, 2.75) is 61.3 Å². The lowest BCUT2D eigenvalue weighted by Crippen LogP contribution is -2.48. The average molecular weight is 403 g/mol. The number of ketones is 1. The summed E-state index contributed by atoms with van der Waals surface area (Å²) in [6.07, 6.45) is 7.77. The van der Waals surface area contributed by atoms with Gasteiger partial charge < -0.3 is 4.42 Å². The maximum Gasteiger partial charge on any atom is 0.277 e. The van der Waals surface area contributed by atoms with Crippen molar-refractivity contribution in [1.29, 1.82) is 0 Å². The Bertz CT molecular complexity index is 828. The van der Waals surface area contributed by atoms with Gasteiger partial charge in [-0.1, -0.05) is 23.4 Å². The van der Waals surface area contributed by atoms with E-state index in [1.807, 2.05) is 6.92 Å². The number of thioether (sulfide) groups is 1. The number of halogens is 1. The van der Waals surface area contributed by atoms with Crippen LogP contribution in [0.3, 0.4) is 0 Å². The lowest BCUT2D eigenvalue weighted by atomic mass is 9.49. The highest BCUT2D eigenvalue weighted by Gasteiger charge is 2.54. The van der Waals surface area contributed by atoms with Gasteiger partial charge in [0.25, 0.3) is 5.22 Å². The van der Waals surface area contributed by atoms with E-state index >= 15 is 0 Å². The van der Waals surface area contributed by atoms with Gasteiger partial charge in [-0.25, -0.2) is 0 Å². The zero-order valence-electron chi connectivity index (χ0n) is 15.4. The molecule has 1 aromatic heterocycles. The Balaban J connectivity index is 1.31. The Kier molecular flexibility index (Phi) is 4.36. The first kappa shape index (κ1) is 17.7. The van der Waals surface area contributed by atoms with E-state index in [-0.39, 0.29) is 16.4 Å². The van der Waals surface area contributed by atoms with Crippen molar-refractivity contribution in [3.05, 3.63) is 40.7 Å². The van der Waals surface area contributed by atoms with Crippen LogP contribution in [0.4, 0.5) is 0 Å². The Morgan fingerprint density at radius 3 is 2.30 bits per heavy atom. The molecule has 6 heteroatoms. The predicted octanol–water partition coefficient (Wildman–Crippen LogP) is 5.55. The van der Waals surface area contributed by atoms with Crippen LogP contribution in [-0.4, -0.2) is 21.2 Å². The SMILES string of the molecule is C[C@H](Sc1nnc(C23CC4CC(CC(C4)C2)C3)o1)C(=O)c1ccc(Cl)cc1. The van der Waals surface area contributed by atoms with Gasteiger partial charge in [-0.2, -0.15) is 0 Å². The Labute approximate surface area is 168 Å². The number of carbonyl (C=O) groups excluding carboxylic acids is 1. The molecule has 0 aliphatic heterocycles. The van der Waals surface area contributed by atoms with Crippen LogP contribution in [0.25, 0.3) is 0 Å².